The van der Waals surface area contributed by atoms with E-state index >= 15 is 0 Å². The summed E-state index contributed by atoms with van der Waals surface area (Å²) in [7, 11) is 0. The molecule has 0 aliphatic carbocycles. The molecule has 3 aliphatic rings. The highest BCUT2D eigenvalue weighted by Crippen LogP contribution is 2.34. The van der Waals surface area contributed by atoms with E-state index in [9.17, 15) is 4.79 Å². The van der Waals surface area contributed by atoms with E-state index in [1.807, 2.05) is 18.2 Å². The molecule has 0 bridgehead atoms. The zero-order valence-electron chi connectivity index (χ0n) is 13.6. The van der Waals surface area contributed by atoms with E-state index in [0.29, 0.717) is 41.8 Å². The van der Waals surface area contributed by atoms with E-state index in [-0.39, 0.29) is 18.4 Å². The number of aliphatic imine (C=N–C) groups is 1. The number of carbonyl (C=O) groups excluding carboxylic acids is 1. The van der Waals surface area contributed by atoms with Gasteiger partial charge in [0.25, 0.3) is 0 Å². The van der Waals surface area contributed by atoms with E-state index in [0.717, 1.165) is 5.56 Å². The molecule has 0 amide bonds. The maximum atomic E-state index is 12.2. The fourth-order valence-electron chi connectivity index (χ4n) is 2.87. The van der Waals surface area contributed by atoms with Gasteiger partial charge in [0.1, 0.15) is 13.2 Å². The lowest BCUT2D eigenvalue weighted by Gasteiger charge is -2.18. The van der Waals surface area contributed by atoms with Crippen LogP contribution < -0.4 is 18.9 Å². The second-order valence-corrected chi connectivity index (χ2v) is 5.81. The first-order valence-corrected chi connectivity index (χ1v) is 8.08. The molecule has 3 heterocycles. The third-order valence-corrected chi connectivity index (χ3v) is 4.11. The minimum atomic E-state index is -0.507. The van der Waals surface area contributed by atoms with Crippen LogP contribution in [0.15, 0.2) is 47.1 Å². The van der Waals surface area contributed by atoms with Crippen LogP contribution in [0.3, 0.4) is 0 Å². The Morgan fingerprint density at radius 1 is 0.846 bits per heavy atom. The van der Waals surface area contributed by atoms with Crippen LogP contribution in [0.2, 0.25) is 0 Å². The summed E-state index contributed by atoms with van der Waals surface area (Å²) in [4.78, 5) is 16.5. The molecule has 26 heavy (non-hydrogen) atoms. The molecule has 7 nitrogen and oxygen atoms in total. The molecule has 0 saturated carbocycles. The van der Waals surface area contributed by atoms with Gasteiger partial charge in [0, 0.05) is 5.56 Å². The van der Waals surface area contributed by atoms with Crippen LogP contribution in [0, 0.1) is 0 Å². The van der Waals surface area contributed by atoms with Crippen LogP contribution in [-0.2, 0) is 9.53 Å². The van der Waals surface area contributed by atoms with E-state index in [2.05, 4.69) is 4.99 Å². The number of esters is 1. The summed E-state index contributed by atoms with van der Waals surface area (Å²) in [6, 6.07) is 10.7. The maximum Gasteiger partial charge on any atom is 0.363 e. The number of nitrogens with zero attached hydrogens (tertiary/aromatic N) is 1. The Kier molecular flexibility index (Phi) is 3.31. The van der Waals surface area contributed by atoms with Gasteiger partial charge in [-0.1, -0.05) is 6.07 Å². The molecule has 2 aromatic carbocycles. The average molecular weight is 351 g/mol. The van der Waals surface area contributed by atoms with Crippen molar-refractivity contribution in [2.24, 2.45) is 4.99 Å². The molecule has 0 spiro atoms. The summed E-state index contributed by atoms with van der Waals surface area (Å²) in [5.74, 6) is 2.33. The van der Waals surface area contributed by atoms with Crippen molar-refractivity contribution in [3.05, 3.63) is 53.2 Å². The second kappa shape index (κ2) is 5.80. The molecule has 0 radical (unpaired) electrons. The molecule has 0 atom stereocenters. The quantitative estimate of drug-likeness (QED) is 0.611. The first-order valence-electron chi connectivity index (χ1n) is 8.08. The number of hydrogen-bond donors (Lipinski definition) is 0. The second-order valence-electron chi connectivity index (χ2n) is 5.81. The molecule has 2 aromatic rings. The monoisotopic (exact) mass is 351 g/mol. The number of carbonyl (C=O) groups is 1. The SMILES string of the molecule is O=C1OC(c2ccc3c(c2)OCO3)=NC1=Cc1ccc2c(c1)OCCO2. The summed E-state index contributed by atoms with van der Waals surface area (Å²) in [5, 5.41) is 0. The molecule has 0 unspecified atom stereocenters. The van der Waals surface area contributed by atoms with Crippen LogP contribution in [0.25, 0.3) is 6.08 Å². The van der Waals surface area contributed by atoms with Gasteiger partial charge >= 0.3 is 5.97 Å². The zero-order valence-corrected chi connectivity index (χ0v) is 13.6. The minimum Gasteiger partial charge on any atom is -0.486 e. The van der Waals surface area contributed by atoms with Crippen molar-refractivity contribution in [3.8, 4) is 23.0 Å². The number of fused-ring (bicyclic) bond motifs is 2. The summed E-state index contributed by atoms with van der Waals surface area (Å²) in [6.07, 6.45) is 1.65. The van der Waals surface area contributed by atoms with Crippen molar-refractivity contribution in [1.82, 2.24) is 0 Å². The fraction of sp³-hybridized carbons (Fsp3) is 0.158. The number of rotatable bonds is 2. The van der Waals surface area contributed by atoms with Gasteiger partial charge in [-0.15, -0.1) is 0 Å². The number of ether oxygens (including phenoxy) is 5. The summed E-state index contributed by atoms with van der Waals surface area (Å²) in [6.45, 7) is 1.21. The molecule has 0 fully saturated rings. The third-order valence-electron chi connectivity index (χ3n) is 4.11. The molecule has 0 N–H and O–H groups in total. The van der Waals surface area contributed by atoms with Crippen LogP contribution in [0.4, 0.5) is 0 Å². The Hall–Kier alpha value is -3.48. The lowest BCUT2D eigenvalue weighted by atomic mass is 10.1. The van der Waals surface area contributed by atoms with Gasteiger partial charge in [-0.25, -0.2) is 9.79 Å². The van der Waals surface area contributed by atoms with Crippen LogP contribution in [-0.4, -0.2) is 31.9 Å². The van der Waals surface area contributed by atoms with Gasteiger partial charge in [-0.05, 0) is 42.0 Å². The molecule has 130 valence electrons. The van der Waals surface area contributed by atoms with E-state index in [1.165, 1.54) is 0 Å². The Labute approximate surface area is 148 Å². The van der Waals surface area contributed by atoms with Gasteiger partial charge in [0.15, 0.2) is 28.7 Å². The predicted molar refractivity (Wildman–Crippen MR) is 90.6 cm³/mol. The van der Waals surface area contributed by atoms with E-state index < -0.39 is 5.97 Å². The standard InChI is InChI=1S/C19H13NO6/c21-19-13(7-11-1-3-14-16(8-11)23-6-5-22-14)20-18(26-19)12-2-4-15-17(9-12)25-10-24-15/h1-4,7-9H,5-6,10H2. The Morgan fingerprint density at radius 3 is 2.50 bits per heavy atom. The highest BCUT2D eigenvalue weighted by Gasteiger charge is 2.26. The first-order chi connectivity index (χ1) is 12.8. The van der Waals surface area contributed by atoms with Gasteiger partial charge in [0.05, 0.1) is 0 Å². The van der Waals surface area contributed by atoms with Gasteiger partial charge in [-0.3, -0.25) is 0 Å². The lowest BCUT2D eigenvalue weighted by Crippen LogP contribution is -2.15. The van der Waals surface area contributed by atoms with Crippen molar-refractivity contribution in [2.75, 3.05) is 20.0 Å². The Bertz CT molecular complexity index is 978. The Morgan fingerprint density at radius 2 is 1.58 bits per heavy atom. The average Bonchev–Trinajstić information content (AvgIpc) is 3.28. The third kappa shape index (κ3) is 2.54. The highest BCUT2D eigenvalue weighted by molar-refractivity contribution is 6.13. The summed E-state index contributed by atoms with van der Waals surface area (Å²) in [5.41, 5.74) is 1.64. The molecule has 5 rings (SSSR count). The van der Waals surface area contributed by atoms with Gasteiger partial charge in [-0.2, -0.15) is 0 Å². The van der Waals surface area contributed by atoms with Crippen LogP contribution in [0.5, 0.6) is 23.0 Å². The van der Waals surface area contributed by atoms with Crippen LogP contribution >= 0.6 is 0 Å². The smallest absolute Gasteiger partial charge is 0.363 e. The lowest BCUT2D eigenvalue weighted by molar-refractivity contribution is -0.129. The van der Waals surface area contributed by atoms with Crippen molar-refractivity contribution >= 4 is 17.9 Å². The fourth-order valence-corrected chi connectivity index (χ4v) is 2.87. The Balaban J connectivity index is 1.46. The summed E-state index contributed by atoms with van der Waals surface area (Å²) >= 11 is 0. The first kappa shape index (κ1) is 14.8. The van der Waals surface area contributed by atoms with Crippen molar-refractivity contribution in [1.29, 1.82) is 0 Å². The maximum absolute atomic E-state index is 12.2. The van der Waals surface area contributed by atoms with Crippen LogP contribution in [0.1, 0.15) is 11.1 Å². The van der Waals surface area contributed by atoms with Crippen molar-refractivity contribution < 1.29 is 28.5 Å². The van der Waals surface area contributed by atoms with E-state index in [4.69, 9.17) is 23.7 Å². The zero-order chi connectivity index (χ0) is 17.5. The topological polar surface area (TPSA) is 75.6 Å². The number of cyclic esters (lactones) is 1. The van der Waals surface area contributed by atoms with Gasteiger partial charge < -0.3 is 23.7 Å². The number of benzene rings is 2. The van der Waals surface area contributed by atoms with Crippen molar-refractivity contribution in [3.63, 3.8) is 0 Å². The van der Waals surface area contributed by atoms with Crippen molar-refractivity contribution in [2.45, 2.75) is 0 Å². The number of hydrogen-bond acceptors (Lipinski definition) is 7. The largest absolute Gasteiger partial charge is 0.486 e. The van der Waals surface area contributed by atoms with Gasteiger partial charge in [0.2, 0.25) is 12.7 Å². The molecule has 3 aliphatic heterocycles. The van der Waals surface area contributed by atoms with E-state index in [1.54, 1.807) is 24.3 Å². The predicted octanol–water partition coefficient (Wildman–Crippen LogP) is 2.53. The normalized spacial score (nSPS) is 18.7. The minimum absolute atomic E-state index is 0.181. The molecule has 0 aromatic heterocycles. The molecular formula is C19H13NO6. The molecule has 0 saturated heterocycles. The summed E-state index contributed by atoms with van der Waals surface area (Å²) < 4.78 is 27.0. The molecular weight excluding hydrogens is 338 g/mol. The highest BCUT2D eigenvalue weighted by atomic mass is 16.7. The molecule has 7 heteroatoms.